The van der Waals surface area contributed by atoms with E-state index < -0.39 is 5.97 Å². The lowest BCUT2D eigenvalue weighted by molar-refractivity contribution is 0.0476. The normalized spacial score (nSPS) is 11.3. The summed E-state index contributed by atoms with van der Waals surface area (Å²) >= 11 is 1.49. The standard InChI is InChI=1S/C25H21N3O5S/c1-14-10-18(16(3)28(14)12-17-6-4-8-31-17)21(29)13-32-25(30)19-11-20(22-7-5-9-34-22)26-24-23(19)15(2)27-33-24/h4-11H,12-13H2,1-3H3. The van der Waals surface area contributed by atoms with E-state index in [9.17, 15) is 9.59 Å². The molecule has 0 unspecified atom stereocenters. The summed E-state index contributed by atoms with van der Waals surface area (Å²) in [5, 5.41) is 6.34. The first-order chi connectivity index (χ1) is 16.4. The van der Waals surface area contributed by atoms with E-state index in [1.54, 1.807) is 25.3 Å². The molecular formula is C25H21N3O5S. The second kappa shape index (κ2) is 8.75. The number of esters is 1. The van der Waals surface area contributed by atoms with Gasteiger partial charge in [-0.1, -0.05) is 11.2 Å². The first-order valence-corrected chi connectivity index (χ1v) is 11.5. The average Bonchev–Trinajstić information content (AvgIpc) is 3.63. The van der Waals surface area contributed by atoms with Gasteiger partial charge >= 0.3 is 5.97 Å². The van der Waals surface area contributed by atoms with E-state index in [4.69, 9.17) is 13.7 Å². The third-order valence-corrected chi connectivity index (χ3v) is 6.61. The molecule has 0 aliphatic rings. The number of ether oxygens (including phenoxy) is 1. The lowest BCUT2D eigenvalue weighted by atomic mass is 10.1. The monoisotopic (exact) mass is 475 g/mol. The zero-order chi connectivity index (χ0) is 23.8. The number of carbonyl (C=O) groups is 2. The molecule has 0 atom stereocenters. The number of furan rings is 1. The van der Waals surface area contributed by atoms with Crippen molar-refractivity contribution in [2.24, 2.45) is 0 Å². The minimum absolute atomic E-state index is 0.253. The van der Waals surface area contributed by atoms with E-state index in [0.717, 1.165) is 22.0 Å². The molecule has 5 aromatic rings. The molecule has 0 aliphatic heterocycles. The molecule has 0 amide bonds. The van der Waals surface area contributed by atoms with E-state index in [0.29, 0.717) is 28.9 Å². The summed E-state index contributed by atoms with van der Waals surface area (Å²) in [5.74, 6) is -0.119. The molecule has 0 saturated carbocycles. The molecule has 0 fully saturated rings. The molecule has 0 radical (unpaired) electrons. The fraction of sp³-hybridized carbons (Fsp3) is 0.200. The topological polar surface area (TPSA) is 100 Å². The largest absolute Gasteiger partial charge is 0.467 e. The fourth-order valence-corrected chi connectivity index (χ4v) is 4.66. The predicted molar refractivity (Wildman–Crippen MR) is 126 cm³/mol. The molecule has 0 aromatic carbocycles. The van der Waals surface area contributed by atoms with Crippen LogP contribution in [0.25, 0.3) is 21.7 Å². The number of fused-ring (bicyclic) bond motifs is 1. The SMILES string of the molecule is Cc1noc2nc(-c3cccs3)cc(C(=O)OCC(=O)c3cc(C)n(Cc4ccco4)c3C)c12. The molecule has 0 aliphatic carbocycles. The average molecular weight is 476 g/mol. The molecule has 5 heterocycles. The van der Waals surface area contributed by atoms with Crippen molar-refractivity contribution in [3.63, 3.8) is 0 Å². The van der Waals surface area contributed by atoms with Crippen LogP contribution in [0.3, 0.4) is 0 Å². The minimum atomic E-state index is -0.630. The summed E-state index contributed by atoms with van der Waals surface area (Å²) in [6.45, 7) is 5.66. The smallest absolute Gasteiger partial charge is 0.339 e. The van der Waals surface area contributed by atoms with Crippen LogP contribution in [0.4, 0.5) is 0 Å². The molecular weight excluding hydrogens is 454 g/mol. The number of aromatic nitrogens is 3. The van der Waals surface area contributed by atoms with Gasteiger partial charge in [0, 0.05) is 17.0 Å². The van der Waals surface area contributed by atoms with Gasteiger partial charge in [0.05, 0.1) is 40.0 Å². The van der Waals surface area contributed by atoms with E-state index in [2.05, 4.69) is 10.1 Å². The Morgan fingerprint density at radius 1 is 1.12 bits per heavy atom. The van der Waals surface area contributed by atoms with Crippen LogP contribution in [0.5, 0.6) is 0 Å². The fourth-order valence-electron chi connectivity index (χ4n) is 3.98. The van der Waals surface area contributed by atoms with Crippen molar-refractivity contribution < 1.29 is 23.3 Å². The summed E-state index contributed by atoms with van der Waals surface area (Å²) in [5.41, 5.74) is 3.85. The van der Waals surface area contributed by atoms with Gasteiger partial charge in [-0.05, 0) is 56.5 Å². The Labute approximate surface area is 198 Å². The lowest BCUT2D eigenvalue weighted by Gasteiger charge is -2.09. The van der Waals surface area contributed by atoms with Gasteiger partial charge in [0.1, 0.15) is 5.76 Å². The van der Waals surface area contributed by atoms with Gasteiger partial charge in [-0.2, -0.15) is 0 Å². The maximum absolute atomic E-state index is 13.0. The Kier molecular flexibility index (Phi) is 5.62. The lowest BCUT2D eigenvalue weighted by Crippen LogP contribution is -2.16. The first-order valence-electron chi connectivity index (χ1n) is 10.6. The highest BCUT2D eigenvalue weighted by atomic mass is 32.1. The quantitative estimate of drug-likeness (QED) is 0.231. The highest BCUT2D eigenvalue weighted by molar-refractivity contribution is 7.13. The number of pyridine rings is 1. The molecule has 8 nitrogen and oxygen atoms in total. The van der Waals surface area contributed by atoms with Crippen molar-refractivity contribution in [3.8, 4) is 10.6 Å². The number of hydrogen-bond donors (Lipinski definition) is 0. The van der Waals surface area contributed by atoms with Crippen LogP contribution in [-0.2, 0) is 11.3 Å². The zero-order valence-electron chi connectivity index (χ0n) is 18.8. The van der Waals surface area contributed by atoms with E-state index in [1.807, 2.05) is 48.1 Å². The molecule has 0 saturated heterocycles. The van der Waals surface area contributed by atoms with Crippen LogP contribution in [0.15, 0.2) is 57.0 Å². The summed E-state index contributed by atoms with van der Waals surface area (Å²) in [6, 6.07) is 11.0. The third kappa shape index (κ3) is 3.94. The number of aryl methyl sites for hydroxylation is 2. The van der Waals surface area contributed by atoms with Gasteiger partial charge in [0.15, 0.2) is 6.61 Å². The number of ketones is 1. The Morgan fingerprint density at radius 3 is 2.71 bits per heavy atom. The van der Waals surface area contributed by atoms with Gasteiger partial charge in [0.2, 0.25) is 5.78 Å². The summed E-state index contributed by atoms with van der Waals surface area (Å²) in [7, 11) is 0. The van der Waals surface area contributed by atoms with Crippen LogP contribution < -0.4 is 0 Å². The molecule has 172 valence electrons. The summed E-state index contributed by atoms with van der Waals surface area (Å²) < 4.78 is 18.2. The Balaban J connectivity index is 1.38. The molecule has 34 heavy (non-hydrogen) atoms. The number of Topliss-reactive ketones (excluding diaryl/α,β-unsaturated/α-hetero) is 1. The van der Waals surface area contributed by atoms with Crippen LogP contribution in [0.1, 0.15) is 43.6 Å². The molecule has 0 N–H and O–H groups in total. The molecule has 5 aromatic heterocycles. The van der Waals surface area contributed by atoms with E-state index in [-0.39, 0.29) is 23.7 Å². The van der Waals surface area contributed by atoms with E-state index in [1.165, 1.54) is 11.3 Å². The van der Waals surface area contributed by atoms with Gasteiger partial charge in [-0.15, -0.1) is 11.3 Å². The third-order valence-electron chi connectivity index (χ3n) is 5.71. The maximum atomic E-state index is 13.0. The van der Waals surface area contributed by atoms with Gasteiger partial charge in [-0.3, -0.25) is 4.79 Å². The Morgan fingerprint density at radius 2 is 1.97 bits per heavy atom. The van der Waals surface area contributed by atoms with Gasteiger partial charge < -0.3 is 18.2 Å². The van der Waals surface area contributed by atoms with Crippen molar-refractivity contribution in [2.75, 3.05) is 6.61 Å². The van der Waals surface area contributed by atoms with E-state index >= 15 is 0 Å². The zero-order valence-corrected chi connectivity index (χ0v) is 19.6. The van der Waals surface area contributed by atoms with Crippen molar-refractivity contribution >= 4 is 34.2 Å². The second-order valence-corrected chi connectivity index (χ2v) is 8.88. The number of hydrogen-bond acceptors (Lipinski definition) is 8. The van der Waals surface area contributed by atoms with Crippen LogP contribution in [0.2, 0.25) is 0 Å². The molecule has 9 heteroatoms. The summed E-state index contributed by atoms with van der Waals surface area (Å²) in [6.07, 6.45) is 1.62. The first kappa shape index (κ1) is 21.8. The predicted octanol–water partition coefficient (Wildman–Crippen LogP) is 5.36. The van der Waals surface area contributed by atoms with Crippen molar-refractivity contribution in [1.29, 1.82) is 0 Å². The van der Waals surface area contributed by atoms with Crippen molar-refractivity contribution in [3.05, 3.63) is 82.0 Å². The highest BCUT2D eigenvalue weighted by Gasteiger charge is 2.23. The molecule has 0 bridgehead atoms. The van der Waals surface area contributed by atoms with Crippen LogP contribution >= 0.6 is 11.3 Å². The van der Waals surface area contributed by atoms with Crippen molar-refractivity contribution in [1.82, 2.24) is 14.7 Å². The Hall–Kier alpha value is -3.98. The maximum Gasteiger partial charge on any atom is 0.339 e. The minimum Gasteiger partial charge on any atom is -0.467 e. The van der Waals surface area contributed by atoms with Crippen LogP contribution in [0, 0.1) is 20.8 Å². The number of nitrogens with zero attached hydrogens (tertiary/aromatic N) is 3. The Bertz CT molecular complexity index is 1490. The van der Waals surface area contributed by atoms with Gasteiger partial charge in [-0.25, -0.2) is 9.78 Å². The number of rotatable bonds is 7. The summed E-state index contributed by atoms with van der Waals surface area (Å²) in [4.78, 5) is 31.4. The number of thiophene rings is 1. The van der Waals surface area contributed by atoms with Crippen molar-refractivity contribution in [2.45, 2.75) is 27.3 Å². The molecule has 5 rings (SSSR count). The van der Waals surface area contributed by atoms with Gasteiger partial charge in [0.25, 0.3) is 5.71 Å². The van der Waals surface area contributed by atoms with Crippen LogP contribution in [-0.4, -0.2) is 33.1 Å². The number of carbonyl (C=O) groups excluding carboxylic acids is 2. The second-order valence-electron chi connectivity index (χ2n) is 7.93. The highest BCUT2D eigenvalue weighted by Crippen LogP contribution is 2.30. The molecule has 0 spiro atoms.